The fraction of sp³-hybridized carbons (Fsp3) is 0.857. The molecule has 0 saturated carbocycles. The Morgan fingerprint density at radius 2 is 1.17 bits per heavy atom. The monoisotopic (exact) mass is 352 g/mol. The second-order valence-electron chi connectivity index (χ2n) is 6.41. The molecule has 8 nitrogen and oxygen atoms in total. The second-order valence-corrected chi connectivity index (χ2v) is 6.41. The number of nitrogens with one attached hydrogen (secondary N) is 2. The summed E-state index contributed by atoms with van der Waals surface area (Å²) in [6.45, 7) is 3.98. The van der Waals surface area contributed by atoms with Gasteiger partial charge in [-0.1, -0.05) is 0 Å². The average Bonchev–Trinajstić information content (AvgIpc) is 3.03. The minimum Gasteiger partial charge on any atom is -0.473 e. The highest BCUT2D eigenvalue weighted by atomic mass is 19.1. The normalized spacial score (nSPS) is 31.1. The van der Waals surface area contributed by atoms with E-state index in [2.05, 4.69) is 10.6 Å². The van der Waals surface area contributed by atoms with Gasteiger partial charge in [-0.2, -0.15) is 0 Å². The predicted molar refractivity (Wildman–Crippen MR) is 77.4 cm³/mol. The van der Waals surface area contributed by atoms with Crippen molar-refractivity contribution in [3.8, 4) is 0 Å². The van der Waals surface area contributed by atoms with Gasteiger partial charge in [-0.25, -0.2) is 18.4 Å². The van der Waals surface area contributed by atoms with E-state index in [1.165, 1.54) is 0 Å². The summed E-state index contributed by atoms with van der Waals surface area (Å²) in [5.74, 6) is -3.65. The molecule has 4 aliphatic rings. The van der Waals surface area contributed by atoms with Crippen molar-refractivity contribution in [3.05, 3.63) is 0 Å². The number of carboxylic acids is 2. The molecule has 0 aromatic carbocycles. The third kappa shape index (κ3) is 4.82. The molecule has 138 valence electrons. The number of hydrogen-bond donors (Lipinski definition) is 4. The van der Waals surface area contributed by atoms with E-state index in [1.54, 1.807) is 0 Å². The number of halogens is 2. The van der Waals surface area contributed by atoms with E-state index in [0.29, 0.717) is 26.1 Å². The van der Waals surface area contributed by atoms with Crippen LogP contribution in [-0.4, -0.2) is 85.1 Å². The van der Waals surface area contributed by atoms with Crippen molar-refractivity contribution < 1.29 is 38.1 Å². The van der Waals surface area contributed by atoms with Crippen LogP contribution in [0.5, 0.6) is 0 Å². The minimum atomic E-state index is -1.82. The summed E-state index contributed by atoms with van der Waals surface area (Å²) in [6.07, 6.45) is -0.237. The van der Waals surface area contributed by atoms with Gasteiger partial charge in [0.15, 0.2) is 0 Å². The number of carbonyl (C=O) groups is 2. The van der Waals surface area contributed by atoms with E-state index in [9.17, 15) is 8.78 Å². The van der Waals surface area contributed by atoms with Crippen LogP contribution in [0.2, 0.25) is 0 Å². The van der Waals surface area contributed by atoms with Crippen LogP contribution in [-0.2, 0) is 19.1 Å². The maximum atomic E-state index is 12.5. The first kappa shape index (κ1) is 19.0. The Hall–Kier alpha value is -1.36. The molecule has 10 heteroatoms. The molecule has 4 heterocycles. The molecule has 0 aromatic rings. The van der Waals surface area contributed by atoms with Gasteiger partial charge in [-0.05, 0) is 0 Å². The molecule has 0 aromatic heterocycles. The van der Waals surface area contributed by atoms with Crippen molar-refractivity contribution in [3.63, 3.8) is 0 Å². The van der Waals surface area contributed by atoms with Gasteiger partial charge in [0, 0.05) is 39.0 Å². The van der Waals surface area contributed by atoms with Gasteiger partial charge < -0.3 is 30.3 Å². The molecule has 4 aliphatic heterocycles. The highest BCUT2D eigenvalue weighted by molar-refractivity contribution is 6.27. The standard InChI is InChI=1S/2C6H10FNO.C2H2O4/c2*7-5-1-6(9-2-5)3-8-4-6;3-1(4)2(5)6/h2*5,8H,1-4H2;(H,3,4)(H,5,6). The van der Waals surface area contributed by atoms with Gasteiger partial charge in [0.25, 0.3) is 0 Å². The lowest BCUT2D eigenvalue weighted by molar-refractivity contribution is -0.159. The molecule has 0 bridgehead atoms. The molecular weight excluding hydrogens is 330 g/mol. The SMILES string of the molecule is FC1COC2(CNC2)C1.FC1COC2(CNC2)C1.O=C(O)C(=O)O. The summed E-state index contributed by atoms with van der Waals surface area (Å²) in [5, 5.41) is 20.9. The summed E-state index contributed by atoms with van der Waals surface area (Å²) >= 11 is 0. The number of ether oxygens (including phenoxy) is 2. The molecule has 0 amide bonds. The van der Waals surface area contributed by atoms with Gasteiger partial charge >= 0.3 is 11.9 Å². The molecular formula is C14H22F2N2O6. The number of rotatable bonds is 0. The summed E-state index contributed by atoms with van der Waals surface area (Å²) in [7, 11) is 0. The van der Waals surface area contributed by atoms with Crippen LogP contribution >= 0.6 is 0 Å². The first-order valence-corrected chi connectivity index (χ1v) is 7.70. The van der Waals surface area contributed by atoms with Gasteiger partial charge in [0.1, 0.15) is 12.3 Å². The maximum absolute atomic E-state index is 12.5. The fourth-order valence-electron chi connectivity index (χ4n) is 2.88. The molecule has 24 heavy (non-hydrogen) atoms. The van der Waals surface area contributed by atoms with Crippen molar-refractivity contribution in [1.82, 2.24) is 10.6 Å². The van der Waals surface area contributed by atoms with E-state index in [4.69, 9.17) is 29.3 Å². The predicted octanol–water partition coefficient (Wildman–Crippen LogP) is -0.671. The fourth-order valence-corrected chi connectivity index (χ4v) is 2.88. The largest absolute Gasteiger partial charge is 0.473 e. The molecule has 2 atom stereocenters. The summed E-state index contributed by atoms with van der Waals surface area (Å²) < 4.78 is 35.5. The minimum absolute atomic E-state index is 0.0978. The molecule has 0 radical (unpaired) electrons. The molecule has 4 N–H and O–H groups in total. The Morgan fingerprint density at radius 3 is 1.25 bits per heavy atom. The Bertz CT molecular complexity index is 428. The zero-order valence-electron chi connectivity index (χ0n) is 13.1. The molecule has 0 aliphatic carbocycles. The van der Waals surface area contributed by atoms with Crippen LogP contribution in [0.1, 0.15) is 12.8 Å². The summed E-state index contributed by atoms with van der Waals surface area (Å²) in [4.78, 5) is 18.2. The molecule has 4 saturated heterocycles. The van der Waals surface area contributed by atoms with Gasteiger partial charge in [-0.15, -0.1) is 0 Å². The quantitative estimate of drug-likeness (QED) is 0.424. The lowest BCUT2D eigenvalue weighted by atomic mass is 9.93. The molecule has 2 spiro atoms. The third-order valence-corrected chi connectivity index (χ3v) is 4.30. The van der Waals surface area contributed by atoms with Crippen LogP contribution in [0.3, 0.4) is 0 Å². The average molecular weight is 352 g/mol. The second kappa shape index (κ2) is 7.68. The van der Waals surface area contributed by atoms with Crippen molar-refractivity contribution in [2.75, 3.05) is 39.4 Å². The first-order chi connectivity index (χ1) is 11.3. The van der Waals surface area contributed by atoms with E-state index in [-0.39, 0.29) is 11.2 Å². The number of alkyl halides is 2. The zero-order valence-corrected chi connectivity index (χ0v) is 13.1. The zero-order chi connectivity index (χ0) is 17.8. The highest BCUT2D eigenvalue weighted by Gasteiger charge is 2.46. The van der Waals surface area contributed by atoms with Gasteiger partial charge in [-0.3, -0.25) is 0 Å². The Morgan fingerprint density at radius 1 is 0.833 bits per heavy atom. The summed E-state index contributed by atoms with van der Waals surface area (Å²) in [6, 6.07) is 0. The van der Waals surface area contributed by atoms with Crippen LogP contribution in [0, 0.1) is 0 Å². The third-order valence-electron chi connectivity index (χ3n) is 4.30. The van der Waals surface area contributed by atoms with Crippen molar-refractivity contribution in [2.24, 2.45) is 0 Å². The number of carboxylic acid groups (broad SMARTS) is 2. The Balaban J connectivity index is 0.000000134. The first-order valence-electron chi connectivity index (χ1n) is 7.70. The van der Waals surface area contributed by atoms with Crippen molar-refractivity contribution in [2.45, 2.75) is 36.4 Å². The summed E-state index contributed by atoms with van der Waals surface area (Å²) in [5.41, 5.74) is -0.196. The molecule has 4 fully saturated rings. The number of hydrogen-bond acceptors (Lipinski definition) is 6. The topological polar surface area (TPSA) is 117 Å². The van der Waals surface area contributed by atoms with Crippen molar-refractivity contribution >= 4 is 11.9 Å². The lowest BCUT2D eigenvalue weighted by Crippen LogP contribution is -2.59. The van der Waals surface area contributed by atoms with Crippen molar-refractivity contribution in [1.29, 1.82) is 0 Å². The van der Waals surface area contributed by atoms with Crippen LogP contribution in [0.25, 0.3) is 0 Å². The van der Waals surface area contributed by atoms with Crippen LogP contribution in [0.4, 0.5) is 8.78 Å². The van der Waals surface area contributed by atoms with Gasteiger partial charge in [0.2, 0.25) is 0 Å². The lowest BCUT2D eigenvalue weighted by Gasteiger charge is -2.37. The Labute approximate surface area is 137 Å². The number of aliphatic carboxylic acids is 2. The molecule has 2 unspecified atom stereocenters. The van der Waals surface area contributed by atoms with Crippen LogP contribution in [0.15, 0.2) is 0 Å². The van der Waals surface area contributed by atoms with E-state index in [1.807, 2.05) is 0 Å². The smallest absolute Gasteiger partial charge is 0.414 e. The Kier molecular flexibility index (Phi) is 6.07. The van der Waals surface area contributed by atoms with Gasteiger partial charge in [0.05, 0.1) is 24.4 Å². The maximum Gasteiger partial charge on any atom is 0.414 e. The van der Waals surface area contributed by atoms with E-state index in [0.717, 1.165) is 26.2 Å². The van der Waals surface area contributed by atoms with E-state index >= 15 is 0 Å². The highest BCUT2D eigenvalue weighted by Crippen LogP contribution is 2.31. The molecule has 4 rings (SSSR count). The van der Waals surface area contributed by atoms with Crippen LogP contribution < -0.4 is 10.6 Å². The van der Waals surface area contributed by atoms with E-state index < -0.39 is 24.3 Å².